The predicted octanol–water partition coefficient (Wildman–Crippen LogP) is 3.34. The van der Waals surface area contributed by atoms with Gasteiger partial charge in [-0.2, -0.15) is 0 Å². The molecule has 6 nitrogen and oxygen atoms in total. The third kappa shape index (κ3) is 7.72. The van der Waals surface area contributed by atoms with Gasteiger partial charge < -0.3 is 16.0 Å². The lowest BCUT2D eigenvalue weighted by Crippen LogP contribution is -2.43. The fraction of sp³-hybridized carbons (Fsp3) is 0.737. The molecule has 1 fully saturated rings. The molecule has 0 aromatic carbocycles. The summed E-state index contributed by atoms with van der Waals surface area (Å²) in [4.78, 5) is 28.2. The average Bonchev–Trinajstić information content (AvgIpc) is 3.09. The van der Waals surface area contributed by atoms with Crippen molar-refractivity contribution in [1.29, 1.82) is 0 Å². The molecule has 0 atom stereocenters. The number of hydrogen-bond acceptors (Lipinski definition) is 4. The Labute approximate surface area is 160 Å². The maximum Gasteiger partial charge on any atom is 0.315 e. The number of thiazole rings is 1. The summed E-state index contributed by atoms with van der Waals surface area (Å²) in [5, 5.41) is 12.0. The van der Waals surface area contributed by atoms with E-state index in [0.717, 1.165) is 30.0 Å². The molecule has 3 N–H and O–H groups in total. The zero-order valence-electron chi connectivity index (χ0n) is 16.0. The molecule has 146 valence electrons. The van der Waals surface area contributed by atoms with Gasteiger partial charge in [0.05, 0.1) is 10.7 Å². The van der Waals surface area contributed by atoms with E-state index in [-0.39, 0.29) is 11.9 Å². The Bertz CT molecular complexity index is 568. The number of urea groups is 1. The molecule has 1 heterocycles. The molecule has 1 saturated carbocycles. The van der Waals surface area contributed by atoms with Gasteiger partial charge in [0, 0.05) is 43.3 Å². The first-order valence-corrected chi connectivity index (χ1v) is 10.7. The largest absolute Gasteiger partial charge is 0.356 e. The van der Waals surface area contributed by atoms with Crippen molar-refractivity contribution in [2.45, 2.75) is 77.2 Å². The van der Waals surface area contributed by atoms with E-state index in [4.69, 9.17) is 0 Å². The van der Waals surface area contributed by atoms with E-state index in [0.29, 0.717) is 37.9 Å². The van der Waals surface area contributed by atoms with Crippen LogP contribution in [0.15, 0.2) is 5.38 Å². The SMILES string of the molecule is CC(C)c1nc(CCNC(=O)CCCNC(=O)NC2CCCCC2)cs1. The van der Waals surface area contributed by atoms with E-state index >= 15 is 0 Å². The molecule has 0 radical (unpaired) electrons. The third-order valence-corrected chi connectivity index (χ3v) is 5.77. The van der Waals surface area contributed by atoms with Crippen LogP contribution in [0.25, 0.3) is 0 Å². The van der Waals surface area contributed by atoms with E-state index in [9.17, 15) is 9.59 Å². The monoisotopic (exact) mass is 380 g/mol. The molecule has 0 bridgehead atoms. The van der Waals surface area contributed by atoms with Gasteiger partial charge in [-0.3, -0.25) is 4.79 Å². The zero-order valence-corrected chi connectivity index (χ0v) is 16.8. The van der Waals surface area contributed by atoms with Crippen LogP contribution in [-0.2, 0) is 11.2 Å². The van der Waals surface area contributed by atoms with Crippen LogP contribution in [-0.4, -0.2) is 36.1 Å². The Morgan fingerprint density at radius 3 is 2.65 bits per heavy atom. The number of nitrogens with one attached hydrogen (secondary N) is 3. The lowest BCUT2D eigenvalue weighted by atomic mass is 9.96. The lowest BCUT2D eigenvalue weighted by molar-refractivity contribution is -0.121. The Balaban J connectivity index is 1.49. The molecule has 0 aliphatic heterocycles. The highest BCUT2D eigenvalue weighted by Crippen LogP contribution is 2.19. The third-order valence-electron chi connectivity index (χ3n) is 4.57. The second-order valence-corrected chi connectivity index (χ2v) is 8.16. The minimum absolute atomic E-state index is 0.0267. The molecule has 0 spiro atoms. The number of carbonyl (C=O) groups excluding carboxylic acids is 2. The number of nitrogens with zero attached hydrogens (tertiary/aromatic N) is 1. The van der Waals surface area contributed by atoms with Gasteiger partial charge in [-0.25, -0.2) is 9.78 Å². The molecule has 1 aromatic heterocycles. The number of amides is 3. The number of rotatable bonds is 9. The van der Waals surface area contributed by atoms with Crippen molar-refractivity contribution in [2.24, 2.45) is 0 Å². The van der Waals surface area contributed by atoms with Gasteiger partial charge in [0.15, 0.2) is 0 Å². The van der Waals surface area contributed by atoms with Crippen molar-refractivity contribution in [3.8, 4) is 0 Å². The molecule has 26 heavy (non-hydrogen) atoms. The highest BCUT2D eigenvalue weighted by Gasteiger charge is 2.15. The molecule has 2 rings (SSSR count). The highest BCUT2D eigenvalue weighted by molar-refractivity contribution is 7.09. The first kappa shape index (κ1) is 20.7. The second kappa shape index (κ2) is 11.2. The highest BCUT2D eigenvalue weighted by atomic mass is 32.1. The quantitative estimate of drug-likeness (QED) is 0.575. The lowest BCUT2D eigenvalue weighted by Gasteiger charge is -2.22. The summed E-state index contributed by atoms with van der Waals surface area (Å²) in [6, 6.07) is 0.204. The molecule has 3 amide bonds. The van der Waals surface area contributed by atoms with Crippen molar-refractivity contribution in [2.75, 3.05) is 13.1 Å². The van der Waals surface area contributed by atoms with E-state index in [1.165, 1.54) is 19.3 Å². The van der Waals surface area contributed by atoms with Crippen LogP contribution < -0.4 is 16.0 Å². The maximum atomic E-state index is 11.9. The number of carbonyl (C=O) groups is 2. The first-order chi connectivity index (χ1) is 12.5. The second-order valence-electron chi connectivity index (χ2n) is 7.27. The molecule has 0 unspecified atom stereocenters. The predicted molar refractivity (Wildman–Crippen MR) is 106 cm³/mol. The molecule has 0 saturated heterocycles. The molecular weight excluding hydrogens is 348 g/mol. The van der Waals surface area contributed by atoms with Gasteiger partial charge in [0.25, 0.3) is 0 Å². The summed E-state index contributed by atoms with van der Waals surface area (Å²) in [7, 11) is 0. The molecule has 1 aliphatic carbocycles. The summed E-state index contributed by atoms with van der Waals surface area (Å²) >= 11 is 1.68. The van der Waals surface area contributed by atoms with Crippen molar-refractivity contribution in [3.63, 3.8) is 0 Å². The van der Waals surface area contributed by atoms with Crippen LogP contribution in [0.5, 0.6) is 0 Å². The van der Waals surface area contributed by atoms with E-state index in [2.05, 4.69) is 40.2 Å². The van der Waals surface area contributed by atoms with Crippen LogP contribution >= 0.6 is 11.3 Å². The first-order valence-electron chi connectivity index (χ1n) is 9.80. The van der Waals surface area contributed by atoms with Crippen LogP contribution in [0.3, 0.4) is 0 Å². The summed E-state index contributed by atoms with van der Waals surface area (Å²) in [5.41, 5.74) is 1.04. The van der Waals surface area contributed by atoms with Crippen molar-refractivity contribution in [3.05, 3.63) is 16.1 Å². The van der Waals surface area contributed by atoms with Crippen LogP contribution in [0.1, 0.15) is 75.4 Å². The smallest absolute Gasteiger partial charge is 0.315 e. The van der Waals surface area contributed by atoms with Gasteiger partial charge in [-0.1, -0.05) is 33.1 Å². The Morgan fingerprint density at radius 1 is 1.19 bits per heavy atom. The Hall–Kier alpha value is -1.63. The average molecular weight is 381 g/mol. The van der Waals surface area contributed by atoms with Crippen molar-refractivity contribution in [1.82, 2.24) is 20.9 Å². The van der Waals surface area contributed by atoms with Gasteiger partial charge in [-0.05, 0) is 19.3 Å². The summed E-state index contributed by atoms with van der Waals surface area (Å²) in [6.45, 7) is 5.40. The minimum Gasteiger partial charge on any atom is -0.356 e. The topological polar surface area (TPSA) is 83.1 Å². The summed E-state index contributed by atoms with van der Waals surface area (Å²) < 4.78 is 0. The number of aromatic nitrogens is 1. The van der Waals surface area contributed by atoms with E-state index in [1.54, 1.807) is 11.3 Å². The standard InChI is InChI=1S/C19H32N4O2S/c1-14(2)18-22-16(13-26-18)10-12-20-17(24)9-6-11-21-19(25)23-15-7-4-3-5-8-15/h13-15H,3-12H2,1-2H3,(H,20,24)(H2,21,23,25). The van der Waals surface area contributed by atoms with Crippen LogP contribution in [0.2, 0.25) is 0 Å². The zero-order chi connectivity index (χ0) is 18.8. The summed E-state index contributed by atoms with van der Waals surface area (Å²) in [5.74, 6) is 0.477. The molecule has 1 aromatic rings. The molecule has 1 aliphatic rings. The van der Waals surface area contributed by atoms with Crippen LogP contribution in [0, 0.1) is 0 Å². The van der Waals surface area contributed by atoms with E-state index < -0.39 is 0 Å². The fourth-order valence-electron chi connectivity index (χ4n) is 3.06. The van der Waals surface area contributed by atoms with Crippen molar-refractivity contribution < 1.29 is 9.59 Å². The number of hydrogen-bond donors (Lipinski definition) is 3. The van der Waals surface area contributed by atoms with Crippen molar-refractivity contribution >= 4 is 23.3 Å². The van der Waals surface area contributed by atoms with Gasteiger partial charge in [-0.15, -0.1) is 11.3 Å². The Kier molecular flexibility index (Phi) is 8.88. The Morgan fingerprint density at radius 2 is 1.96 bits per heavy atom. The summed E-state index contributed by atoms with van der Waals surface area (Å²) in [6.07, 6.45) is 7.67. The normalized spacial score (nSPS) is 15.0. The minimum atomic E-state index is -0.109. The van der Waals surface area contributed by atoms with Gasteiger partial charge >= 0.3 is 6.03 Å². The fourth-order valence-corrected chi connectivity index (χ4v) is 3.92. The molecule has 7 heteroatoms. The van der Waals surface area contributed by atoms with Gasteiger partial charge in [0.1, 0.15) is 0 Å². The van der Waals surface area contributed by atoms with Gasteiger partial charge in [0.2, 0.25) is 5.91 Å². The van der Waals surface area contributed by atoms with Crippen LogP contribution in [0.4, 0.5) is 4.79 Å². The maximum absolute atomic E-state index is 11.9. The molecular formula is C19H32N4O2S. The van der Waals surface area contributed by atoms with E-state index in [1.807, 2.05) is 0 Å².